The van der Waals surface area contributed by atoms with Gasteiger partial charge >= 0.3 is 0 Å². The van der Waals surface area contributed by atoms with Gasteiger partial charge in [0.05, 0.1) is 57.8 Å². The molecule has 0 saturated heterocycles. The van der Waals surface area contributed by atoms with Gasteiger partial charge in [0.2, 0.25) is 0 Å². The molecule has 4 aromatic carbocycles. The van der Waals surface area contributed by atoms with Crippen molar-refractivity contribution in [2.75, 3.05) is 42.8 Å². The third kappa shape index (κ3) is 9.93. The number of phenolic OH excluding ortho intramolecular Hbond substituents is 1. The number of phenols is 1. The van der Waals surface area contributed by atoms with Crippen LogP contribution in [0, 0.1) is 0 Å². The van der Waals surface area contributed by atoms with Crippen LogP contribution in [0.3, 0.4) is 0 Å². The summed E-state index contributed by atoms with van der Waals surface area (Å²) in [5.41, 5.74) is 3.74. The molecule has 0 fully saturated rings. The molecule has 0 aliphatic rings. The molecule has 0 unspecified atom stereocenters. The second-order valence-electron chi connectivity index (χ2n) is 10.9. The van der Waals surface area contributed by atoms with Gasteiger partial charge in [-0.2, -0.15) is 27.1 Å². The summed E-state index contributed by atoms with van der Waals surface area (Å²) in [7, 11) is -17.8. The summed E-state index contributed by atoms with van der Waals surface area (Å²) < 4.78 is 117. The Balaban J connectivity index is 1.79. The lowest BCUT2D eigenvalue weighted by atomic mass is 10.1. The third-order valence-corrected chi connectivity index (χ3v) is 12.2. The Morgan fingerprint density at radius 1 is 0.698 bits per heavy atom. The summed E-state index contributed by atoms with van der Waals surface area (Å²) in [6.45, 7) is -1.48. The van der Waals surface area contributed by atoms with E-state index in [0.717, 1.165) is 12.1 Å². The molecule has 53 heavy (non-hydrogen) atoms. The maximum Gasteiger partial charge on any atom is 0.296 e. The molecule has 8 N–H and O–H groups in total. The Morgan fingerprint density at radius 3 is 1.85 bits per heavy atom. The Kier molecular flexibility index (Phi) is 12.3. The molecule has 0 aromatic heterocycles. The largest absolute Gasteiger partial charge is 0.505 e. The van der Waals surface area contributed by atoms with Crippen molar-refractivity contribution < 1.29 is 62.9 Å². The van der Waals surface area contributed by atoms with E-state index in [9.17, 15) is 52.7 Å². The fourth-order valence-corrected chi connectivity index (χ4v) is 7.90. The van der Waals surface area contributed by atoms with E-state index in [4.69, 9.17) is 15.9 Å². The van der Waals surface area contributed by atoms with Gasteiger partial charge in [-0.15, -0.1) is 10.2 Å². The van der Waals surface area contributed by atoms with Gasteiger partial charge in [-0.3, -0.25) is 13.9 Å². The van der Waals surface area contributed by atoms with Gasteiger partial charge in [0.25, 0.3) is 26.1 Å². The van der Waals surface area contributed by atoms with Gasteiger partial charge < -0.3 is 26.4 Å². The van der Waals surface area contributed by atoms with E-state index >= 15 is 0 Å². The average molecular weight is 815 g/mol. The fraction of sp³-hybridized carbons (Fsp3) is 0.207. The van der Waals surface area contributed by atoms with Crippen LogP contribution >= 0.6 is 0 Å². The van der Waals surface area contributed by atoms with Crippen molar-refractivity contribution >= 4 is 85.0 Å². The van der Waals surface area contributed by atoms with Gasteiger partial charge in [0, 0.05) is 12.1 Å². The number of aromatic hydroxyl groups is 1. The lowest BCUT2D eigenvalue weighted by molar-refractivity contribution is 0.0956. The highest BCUT2D eigenvalue weighted by molar-refractivity contribution is 7.91. The number of sulfone groups is 2. The monoisotopic (exact) mass is 814 g/mol. The second-order valence-corrected chi connectivity index (χ2v) is 18.1. The number of nitrogens with zero attached hydrogens (tertiary/aromatic N) is 4. The molecule has 0 atom stereocenters. The highest BCUT2D eigenvalue weighted by Gasteiger charge is 2.28. The zero-order valence-electron chi connectivity index (χ0n) is 26.9. The number of anilines is 1. The van der Waals surface area contributed by atoms with Crippen molar-refractivity contribution in [2.24, 2.45) is 20.5 Å². The quantitative estimate of drug-likeness (QED) is 0.0514. The van der Waals surface area contributed by atoms with Crippen LogP contribution in [-0.4, -0.2) is 101 Å². The Morgan fingerprint density at radius 2 is 1.26 bits per heavy atom. The predicted octanol–water partition coefficient (Wildman–Crippen LogP) is 2.35. The first-order valence-electron chi connectivity index (χ1n) is 14.7. The first kappa shape index (κ1) is 40.8. The fourth-order valence-electron chi connectivity index (χ4n) is 4.65. The van der Waals surface area contributed by atoms with Crippen molar-refractivity contribution in [1.82, 2.24) is 5.32 Å². The zero-order valence-corrected chi connectivity index (χ0v) is 30.2. The van der Waals surface area contributed by atoms with E-state index in [1.165, 1.54) is 36.4 Å². The van der Waals surface area contributed by atoms with Crippen molar-refractivity contribution in [3.63, 3.8) is 0 Å². The number of aliphatic hydroxyl groups excluding tert-OH is 2. The molecule has 4 rings (SSSR count). The molecule has 4 aromatic rings. The molecule has 0 radical (unpaired) electrons. The highest BCUT2D eigenvalue weighted by Crippen LogP contribution is 2.48. The number of hydrogen-bond acceptors (Lipinski definition) is 17. The Hall–Kier alpha value is -4.95. The maximum absolute atomic E-state index is 12.6. The van der Waals surface area contributed by atoms with Gasteiger partial charge in [-0.1, -0.05) is 6.07 Å². The van der Waals surface area contributed by atoms with Crippen LogP contribution in [-0.2, 0) is 39.9 Å². The summed E-state index contributed by atoms with van der Waals surface area (Å²) in [5, 5.41) is 45.7. The highest BCUT2D eigenvalue weighted by atomic mass is 32.2. The smallest absolute Gasteiger partial charge is 0.296 e. The van der Waals surface area contributed by atoms with E-state index in [1.54, 1.807) is 0 Å². The van der Waals surface area contributed by atoms with Gasteiger partial charge in [0.1, 0.15) is 21.2 Å². The van der Waals surface area contributed by atoms with E-state index in [1.807, 2.05) is 0 Å². The minimum absolute atomic E-state index is 0.0304. The first-order chi connectivity index (χ1) is 24.7. The van der Waals surface area contributed by atoms with Gasteiger partial charge in [-0.25, -0.2) is 16.8 Å². The van der Waals surface area contributed by atoms with Crippen molar-refractivity contribution in [1.29, 1.82) is 0 Å². The number of fused-ring (bicyclic) bond motifs is 1. The molecule has 0 bridgehead atoms. The summed E-state index contributed by atoms with van der Waals surface area (Å²) in [6, 6.07) is 11.2. The maximum atomic E-state index is 12.6. The van der Waals surface area contributed by atoms with E-state index in [-0.39, 0.29) is 28.4 Å². The number of rotatable bonds is 15. The molecule has 0 aliphatic heterocycles. The van der Waals surface area contributed by atoms with Crippen molar-refractivity contribution in [3.05, 3.63) is 66.2 Å². The van der Waals surface area contributed by atoms with E-state index < -0.39 is 120 Å². The van der Waals surface area contributed by atoms with Crippen LogP contribution in [0.25, 0.3) is 10.8 Å². The number of amides is 1. The molecule has 0 spiro atoms. The summed E-state index contributed by atoms with van der Waals surface area (Å²) in [5.74, 6) is -3.24. The minimum atomic E-state index is -5.23. The number of benzene rings is 4. The number of hydrogen-bond donors (Lipinski definition) is 7. The Bertz CT molecular complexity index is 2580. The van der Waals surface area contributed by atoms with E-state index in [0.29, 0.717) is 12.1 Å². The molecule has 1 amide bonds. The van der Waals surface area contributed by atoms with Crippen LogP contribution in [0.5, 0.6) is 5.75 Å². The normalized spacial score (nSPS) is 12.9. The third-order valence-electron chi connectivity index (χ3n) is 7.17. The Labute approximate surface area is 302 Å². The zero-order chi connectivity index (χ0) is 39.4. The summed E-state index contributed by atoms with van der Waals surface area (Å²) >= 11 is 0. The predicted molar refractivity (Wildman–Crippen MR) is 188 cm³/mol. The van der Waals surface area contributed by atoms with Gasteiger partial charge in [0.15, 0.2) is 25.4 Å². The number of carbonyl (C=O) groups is 1. The molecule has 284 valence electrons. The molecule has 20 nitrogen and oxygen atoms in total. The van der Waals surface area contributed by atoms with Crippen molar-refractivity contribution in [3.8, 4) is 5.75 Å². The number of carbonyl (C=O) groups excluding carboxylic acids is 1. The van der Waals surface area contributed by atoms with Crippen molar-refractivity contribution in [2.45, 2.75) is 14.7 Å². The topological polar surface area (TPSA) is 342 Å². The number of nitrogens with two attached hydrogens (primary N) is 1. The van der Waals surface area contributed by atoms with Crippen LogP contribution in [0.4, 0.5) is 28.4 Å². The lowest BCUT2D eigenvalue weighted by Crippen LogP contribution is -2.30. The molecule has 24 heteroatoms. The minimum Gasteiger partial charge on any atom is -0.505 e. The number of nitrogens with one attached hydrogen (secondary N) is 1. The number of azo groups is 2. The number of aliphatic hydroxyl groups is 2. The molecular formula is C29H30N6O14S4. The average Bonchev–Trinajstić information content (AvgIpc) is 3.06. The molecule has 0 saturated carbocycles. The molecule has 0 aliphatic carbocycles. The van der Waals surface area contributed by atoms with Crippen LogP contribution in [0.15, 0.2) is 95.8 Å². The standard InChI is InChI=1S/C29H30N6O14S4/c30-25-24-18(15-22(52(44,45)46)26(25)34-32-19-4-6-21(7-5-19)51(42,43)13-10-37)16-23(53(47,48)49)27(28(24)38)35-33-20-3-1-2-17(14-20)29(39)31-8-11-50(40,41)12-9-36/h1-7,14-16,36-38H,8-13,30H2,(H,31,39)(H,44,45,46)(H,47,48,49). The first-order valence-corrected chi connectivity index (χ1v) is 21.1. The molecular weight excluding hydrogens is 785 g/mol. The number of nitrogen functional groups attached to an aromatic ring is 1. The molecule has 0 heterocycles. The van der Waals surface area contributed by atoms with Crippen LogP contribution < -0.4 is 11.1 Å². The SMILES string of the molecule is Nc1c(N=Nc2ccc(S(=O)(=O)CCO)cc2)c(S(=O)(=O)O)cc2cc(S(=O)(=O)O)c(N=Nc3cccc(C(=O)NCCS(=O)(=O)CCO)c3)c(O)c12. The van der Waals surface area contributed by atoms with E-state index in [2.05, 4.69) is 25.8 Å². The lowest BCUT2D eigenvalue weighted by Gasteiger charge is -2.14. The van der Waals surface area contributed by atoms with Crippen LogP contribution in [0.2, 0.25) is 0 Å². The van der Waals surface area contributed by atoms with Crippen LogP contribution in [0.1, 0.15) is 10.4 Å². The second kappa shape index (κ2) is 16.0. The van der Waals surface area contributed by atoms with Gasteiger partial charge in [-0.05, 0) is 60.0 Å². The summed E-state index contributed by atoms with van der Waals surface area (Å²) in [4.78, 5) is 10.4. The summed E-state index contributed by atoms with van der Waals surface area (Å²) in [6.07, 6.45) is 0.